The number of anilines is 1. The Kier molecular flexibility index (Phi) is 9.90. The zero-order valence-corrected chi connectivity index (χ0v) is 24.8. The molecule has 3 heterocycles. The van der Waals surface area contributed by atoms with Crippen LogP contribution in [0.3, 0.4) is 0 Å². The van der Waals surface area contributed by atoms with Gasteiger partial charge < -0.3 is 35.5 Å². The monoisotopic (exact) mass is 609 g/mol. The van der Waals surface area contributed by atoms with E-state index in [-0.39, 0.29) is 57.4 Å². The van der Waals surface area contributed by atoms with Crippen LogP contribution in [-0.4, -0.2) is 107 Å². The van der Waals surface area contributed by atoms with Crippen LogP contribution in [0.25, 0.3) is 11.4 Å². The minimum absolute atomic E-state index is 0.0756. The predicted molar refractivity (Wildman–Crippen MR) is 158 cm³/mol. The fourth-order valence-electron chi connectivity index (χ4n) is 5.60. The average Bonchev–Trinajstić information content (AvgIpc) is 3.40. The maximum Gasteiger partial charge on any atom is 0.527 e. The molecule has 0 bridgehead atoms. The fourth-order valence-corrected chi connectivity index (χ4v) is 5.60. The summed E-state index contributed by atoms with van der Waals surface area (Å²) in [6.45, 7) is 4.65. The van der Waals surface area contributed by atoms with Gasteiger partial charge in [-0.15, -0.1) is 5.06 Å². The molecule has 236 valence electrons. The Morgan fingerprint density at radius 1 is 1.07 bits per heavy atom. The average molecular weight is 610 g/mol. The first-order valence-corrected chi connectivity index (χ1v) is 15.1. The number of aliphatic carboxylic acids is 1. The van der Waals surface area contributed by atoms with E-state index in [9.17, 15) is 24.3 Å². The molecule has 0 radical (unpaired) electrons. The molecule has 1 saturated carbocycles. The van der Waals surface area contributed by atoms with Crippen LogP contribution in [0.4, 0.5) is 10.6 Å². The number of carboxylic acid groups (broad SMARTS) is 1. The van der Waals surface area contributed by atoms with Crippen molar-refractivity contribution in [3.05, 3.63) is 42.1 Å². The van der Waals surface area contributed by atoms with Gasteiger partial charge in [0.25, 0.3) is 5.91 Å². The molecule has 3 fully saturated rings. The number of carbonyl (C=O) groups is 4. The number of ether oxygens (including phenoxy) is 1. The van der Waals surface area contributed by atoms with Crippen molar-refractivity contribution in [3.8, 4) is 11.4 Å². The maximum atomic E-state index is 13.6. The van der Waals surface area contributed by atoms with Crippen LogP contribution in [0.2, 0.25) is 0 Å². The van der Waals surface area contributed by atoms with Crippen molar-refractivity contribution >= 4 is 29.8 Å². The van der Waals surface area contributed by atoms with Crippen molar-refractivity contribution in [3.63, 3.8) is 0 Å². The first-order chi connectivity index (χ1) is 21.2. The van der Waals surface area contributed by atoms with Crippen molar-refractivity contribution in [2.75, 3.05) is 50.8 Å². The van der Waals surface area contributed by atoms with Crippen LogP contribution >= 0.6 is 0 Å². The standard InChI is InChI=1S/C30H39N7O7/c1-2-3-15-43-30(42)44-37-13-11-35(12-14-37)29(41)22(9-10-25(38)39)33-28(40)23-16-24(36-17-20-21(18-36)26(20)31)34-27(32-23)19-7-5-4-6-8-19/h4-8,16,20-22,26H,2-3,9-15,17-18,31H2,1H3,(H,33,40)(H,38,39)/t20-,21+,22-,26+/m0/s1. The summed E-state index contributed by atoms with van der Waals surface area (Å²) < 4.78 is 5.02. The van der Waals surface area contributed by atoms with Crippen LogP contribution in [0.1, 0.15) is 43.1 Å². The smallest absolute Gasteiger partial charge is 0.481 e. The number of unbranched alkanes of at least 4 members (excludes halogenated alkanes) is 1. The normalized spacial score (nSPS) is 21.7. The first-order valence-electron chi connectivity index (χ1n) is 15.1. The molecule has 5 rings (SSSR count). The minimum atomic E-state index is -1.10. The van der Waals surface area contributed by atoms with Gasteiger partial charge >= 0.3 is 12.1 Å². The third-order valence-electron chi connectivity index (χ3n) is 8.28. The number of hydrogen-bond acceptors (Lipinski definition) is 11. The molecular formula is C30H39N7O7. The zero-order chi connectivity index (χ0) is 31.2. The third kappa shape index (κ3) is 7.61. The Hall–Kier alpha value is -4.30. The van der Waals surface area contributed by atoms with Gasteiger partial charge in [-0.3, -0.25) is 14.4 Å². The molecule has 0 unspecified atom stereocenters. The minimum Gasteiger partial charge on any atom is -0.481 e. The number of carboxylic acids is 1. The molecule has 2 saturated heterocycles. The second-order valence-electron chi connectivity index (χ2n) is 11.4. The number of hydrogen-bond donors (Lipinski definition) is 3. The van der Waals surface area contributed by atoms with Crippen LogP contribution < -0.4 is 16.0 Å². The number of piperidine rings is 1. The third-order valence-corrected chi connectivity index (χ3v) is 8.28. The second kappa shape index (κ2) is 14.0. The Balaban J connectivity index is 1.27. The van der Waals surface area contributed by atoms with Crippen molar-refractivity contribution < 1.29 is 33.9 Å². The highest BCUT2D eigenvalue weighted by molar-refractivity contribution is 5.97. The predicted octanol–water partition coefficient (Wildman–Crippen LogP) is 1.51. The van der Waals surface area contributed by atoms with E-state index in [4.69, 9.17) is 20.3 Å². The molecule has 14 heteroatoms. The second-order valence-corrected chi connectivity index (χ2v) is 11.4. The van der Waals surface area contributed by atoms with E-state index < -0.39 is 30.0 Å². The molecule has 2 aromatic rings. The largest absolute Gasteiger partial charge is 0.527 e. The van der Waals surface area contributed by atoms with Gasteiger partial charge in [0.1, 0.15) is 17.6 Å². The highest BCUT2D eigenvalue weighted by Gasteiger charge is 2.54. The van der Waals surface area contributed by atoms with Gasteiger partial charge in [0.05, 0.1) is 19.7 Å². The summed E-state index contributed by atoms with van der Waals surface area (Å²) >= 11 is 0. The molecular weight excluding hydrogens is 570 g/mol. The van der Waals surface area contributed by atoms with Crippen molar-refractivity contribution in [2.45, 2.75) is 44.7 Å². The Bertz CT molecular complexity index is 1340. The number of piperazine rings is 1. The fraction of sp³-hybridized carbons (Fsp3) is 0.533. The number of carbonyl (C=O) groups excluding carboxylic acids is 3. The van der Waals surface area contributed by atoms with E-state index in [0.717, 1.165) is 31.5 Å². The molecule has 3 aliphatic rings. The van der Waals surface area contributed by atoms with Crippen molar-refractivity contribution in [1.29, 1.82) is 0 Å². The molecule has 2 amide bonds. The number of nitrogens with one attached hydrogen (secondary N) is 1. The topological polar surface area (TPSA) is 181 Å². The lowest BCUT2D eigenvalue weighted by molar-refractivity contribution is -0.158. The number of fused-ring (bicyclic) bond motifs is 1. The number of aromatic nitrogens is 2. The maximum absolute atomic E-state index is 13.6. The molecule has 0 spiro atoms. The molecule has 14 nitrogen and oxygen atoms in total. The zero-order valence-electron chi connectivity index (χ0n) is 24.8. The number of amides is 2. The van der Waals surface area contributed by atoms with Crippen LogP contribution in [-0.2, 0) is 19.2 Å². The van der Waals surface area contributed by atoms with Gasteiger partial charge in [0.15, 0.2) is 5.82 Å². The molecule has 4 N–H and O–H groups in total. The number of nitrogens with zero attached hydrogens (tertiary/aromatic N) is 5. The van der Waals surface area contributed by atoms with Crippen LogP contribution in [0.5, 0.6) is 0 Å². The lowest BCUT2D eigenvalue weighted by atomic mass is 10.1. The van der Waals surface area contributed by atoms with Gasteiger partial charge in [-0.2, -0.15) is 0 Å². The Morgan fingerprint density at radius 3 is 2.43 bits per heavy atom. The quantitative estimate of drug-likeness (QED) is 0.234. The number of rotatable bonds is 12. The Morgan fingerprint density at radius 2 is 1.77 bits per heavy atom. The van der Waals surface area contributed by atoms with Gasteiger partial charge in [0.2, 0.25) is 5.91 Å². The lowest BCUT2D eigenvalue weighted by Crippen LogP contribution is -2.55. The summed E-state index contributed by atoms with van der Waals surface area (Å²) in [4.78, 5) is 68.5. The lowest BCUT2D eigenvalue weighted by Gasteiger charge is -2.35. The first kappa shape index (κ1) is 31.1. The van der Waals surface area contributed by atoms with Crippen LogP contribution in [0, 0.1) is 11.8 Å². The number of hydroxylamine groups is 2. The molecule has 1 aromatic carbocycles. The summed E-state index contributed by atoms with van der Waals surface area (Å²) in [6, 6.07) is 10.00. The van der Waals surface area contributed by atoms with E-state index in [2.05, 4.69) is 15.2 Å². The van der Waals surface area contributed by atoms with E-state index >= 15 is 0 Å². The van der Waals surface area contributed by atoms with E-state index in [1.54, 1.807) is 6.07 Å². The highest BCUT2D eigenvalue weighted by Crippen LogP contribution is 2.45. The number of benzene rings is 1. The van der Waals surface area contributed by atoms with Crippen LogP contribution in [0.15, 0.2) is 36.4 Å². The highest BCUT2D eigenvalue weighted by atomic mass is 16.8. The summed E-state index contributed by atoms with van der Waals surface area (Å²) in [5.41, 5.74) is 6.93. The molecule has 1 aromatic heterocycles. The summed E-state index contributed by atoms with van der Waals surface area (Å²) in [5.74, 6) is -0.338. The van der Waals surface area contributed by atoms with E-state index in [0.29, 0.717) is 23.5 Å². The molecule has 4 atom stereocenters. The molecule has 44 heavy (non-hydrogen) atoms. The van der Waals surface area contributed by atoms with Crippen molar-refractivity contribution in [2.24, 2.45) is 17.6 Å². The SMILES string of the molecule is CCCCOC(=O)ON1CCN(C(=O)[C@H](CCC(=O)O)NC(=O)c2cc(N3C[C@@H]4[C@@H](N)[C@@H]4C3)nc(-c3ccccc3)n2)CC1. The molecule has 1 aliphatic carbocycles. The molecule has 2 aliphatic heterocycles. The number of nitrogens with two attached hydrogens (primary N) is 1. The van der Waals surface area contributed by atoms with Gasteiger partial charge in [-0.25, -0.2) is 14.8 Å². The Labute approximate surface area is 255 Å². The van der Waals surface area contributed by atoms with Crippen molar-refractivity contribution in [1.82, 2.24) is 25.2 Å². The summed E-state index contributed by atoms with van der Waals surface area (Å²) in [7, 11) is 0. The van der Waals surface area contributed by atoms with E-state index in [1.165, 1.54) is 9.96 Å². The summed E-state index contributed by atoms with van der Waals surface area (Å²) in [6.07, 6.45) is 0.410. The van der Waals surface area contributed by atoms with E-state index in [1.807, 2.05) is 37.3 Å². The summed E-state index contributed by atoms with van der Waals surface area (Å²) in [5, 5.41) is 13.5. The van der Waals surface area contributed by atoms with Gasteiger partial charge in [0, 0.05) is 50.3 Å². The van der Waals surface area contributed by atoms with Gasteiger partial charge in [-0.05, 0) is 24.7 Å². The van der Waals surface area contributed by atoms with Gasteiger partial charge in [-0.1, -0.05) is 43.7 Å².